The van der Waals surface area contributed by atoms with E-state index in [9.17, 15) is 8.42 Å². The molecule has 3 aromatic rings. The summed E-state index contributed by atoms with van der Waals surface area (Å²) in [6.07, 6.45) is 1.70. The van der Waals surface area contributed by atoms with Gasteiger partial charge in [0.2, 0.25) is 10.0 Å². The molecule has 6 nitrogen and oxygen atoms in total. The van der Waals surface area contributed by atoms with E-state index >= 15 is 0 Å². The van der Waals surface area contributed by atoms with Crippen LogP contribution in [-0.2, 0) is 10.0 Å². The Kier molecular flexibility index (Phi) is 4.02. The topological polar surface area (TPSA) is 112 Å². The molecule has 0 bridgehead atoms. The summed E-state index contributed by atoms with van der Waals surface area (Å²) in [5.41, 5.74) is 6.69. The van der Waals surface area contributed by atoms with Gasteiger partial charge in [-0.05, 0) is 36.4 Å². The van der Waals surface area contributed by atoms with E-state index in [0.29, 0.717) is 5.69 Å². The van der Waals surface area contributed by atoms with Gasteiger partial charge in [0.25, 0.3) is 0 Å². The summed E-state index contributed by atoms with van der Waals surface area (Å²) in [6.45, 7) is 0. The highest BCUT2D eigenvalue weighted by atomic mass is 32.2. The van der Waals surface area contributed by atoms with Crippen molar-refractivity contribution in [3.63, 3.8) is 0 Å². The molecule has 1 heterocycles. The quantitative estimate of drug-likeness (QED) is 0.663. The van der Waals surface area contributed by atoms with Crippen molar-refractivity contribution in [3.05, 3.63) is 54.7 Å². The van der Waals surface area contributed by atoms with E-state index in [1.807, 2.05) is 24.3 Å². The van der Waals surface area contributed by atoms with Crippen LogP contribution in [0.1, 0.15) is 0 Å². The zero-order valence-electron chi connectivity index (χ0n) is 10.4. The number of hydrogen-bond donors (Lipinski definition) is 2. The number of nitrogen functional groups attached to an aromatic ring is 1. The van der Waals surface area contributed by atoms with Gasteiger partial charge in [-0.15, -0.1) is 0 Å². The van der Waals surface area contributed by atoms with Crippen molar-refractivity contribution in [2.24, 2.45) is 5.14 Å². The normalized spacial score (nSPS) is 10.8. The number of hydrogen-bond acceptors (Lipinski definition) is 5. The van der Waals surface area contributed by atoms with E-state index < -0.39 is 10.0 Å². The summed E-state index contributed by atoms with van der Waals surface area (Å²) in [6, 6.07) is 13.4. The van der Waals surface area contributed by atoms with Crippen LogP contribution >= 0.6 is 0 Å². The SMILES string of the molecule is Nc1ccc(S(N)(=O)=O)cc1.c1ccc2oncc2c1. The van der Waals surface area contributed by atoms with E-state index in [1.54, 1.807) is 6.20 Å². The van der Waals surface area contributed by atoms with Gasteiger partial charge < -0.3 is 10.3 Å². The number of nitrogens with zero attached hydrogens (tertiary/aromatic N) is 1. The molecule has 0 saturated carbocycles. The molecule has 3 rings (SSSR count). The fourth-order valence-electron chi connectivity index (χ4n) is 1.47. The van der Waals surface area contributed by atoms with Crippen molar-refractivity contribution < 1.29 is 12.9 Å². The van der Waals surface area contributed by atoms with Gasteiger partial charge in [-0.1, -0.05) is 17.3 Å². The van der Waals surface area contributed by atoms with Crippen LogP contribution in [0.25, 0.3) is 11.0 Å². The lowest BCUT2D eigenvalue weighted by molar-refractivity contribution is 0.456. The molecular formula is C13H13N3O3S. The van der Waals surface area contributed by atoms with E-state index in [1.165, 1.54) is 24.3 Å². The Morgan fingerprint density at radius 2 is 1.65 bits per heavy atom. The molecule has 0 amide bonds. The maximum Gasteiger partial charge on any atom is 0.238 e. The maximum atomic E-state index is 10.7. The summed E-state index contributed by atoms with van der Waals surface area (Å²) < 4.78 is 26.2. The number of fused-ring (bicyclic) bond motifs is 1. The van der Waals surface area contributed by atoms with Crippen LogP contribution in [-0.4, -0.2) is 13.6 Å². The Morgan fingerprint density at radius 1 is 1.00 bits per heavy atom. The Balaban J connectivity index is 0.000000149. The second kappa shape index (κ2) is 5.72. The van der Waals surface area contributed by atoms with Crippen LogP contribution in [0.3, 0.4) is 0 Å². The Bertz CT molecular complexity index is 765. The Hall–Kier alpha value is -2.38. The predicted octanol–water partition coefficient (Wildman–Crippen LogP) is 1.74. The number of sulfonamides is 1. The van der Waals surface area contributed by atoms with Crippen molar-refractivity contribution in [3.8, 4) is 0 Å². The molecular weight excluding hydrogens is 278 g/mol. The van der Waals surface area contributed by atoms with Crippen molar-refractivity contribution in [1.82, 2.24) is 5.16 Å². The van der Waals surface area contributed by atoms with Crippen LogP contribution in [0.2, 0.25) is 0 Å². The molecule has 0 unspecified atom stereocenters. The lowest BCUT2D eigenvalue weighted by Crippen LogP contribution is -2.11. The molecule has 4 N–H and O–H groups in total. The summed E-state index contributed by atoms with van der Waals surface area (Å²) >= 11 is 0. The number of benzene rings is 2. The minimum atomic E-state index is -3.58. The van der Waals surface area contributed by atoms with Crippen LogP contribution < -0.4 is 10.9 Å². The number of primary sulfonamides is 1. The summed E-state index contributed by atoms with van der Waals surface area (Å²) in [5.74, 6) is 0. The highest BCUT2D eigenvalue weighted by Crippen LogP contribution is 2.10. The van der Waals surface area contributed by atoms with E-state index in [2.05, 4.69) is 5.16 Å². The van der Waals surface area contributed by atoms with Crippen molar-refractivity contribution >= 4 is 26.7 Å². The smallest absolute Gasteiger partial charge is 0.238 e. The van der Waals surface area contributed by atoms with Gasteiger partial charge in [0.15, 0.2) is 5.58 Å². The third-order valence-electron chi connectivity index (χ3n) is 2.47. The van der Waals surface area contributed by atoms with Gasteiger partial charge in [0.05, 0.1) is 11.1 Å². The molecule has 1 aromatic heterocycles. The minimum Gasteiger partial charge on any atom is -0.399 e. The fourth-order valence-corrected chi connectivity index (χ4v) is 1.98. The fraction of sp³-hybridized carbons (Fsp3) is 0. The maximum absolute atomic E-state index is 10.7. The standard InChI is InChI=1S/C7H5NO.C6H8N2O2S/c1-2-4-7-6(3-1)5-8-9-7;7-5-1-3-6(4-2-5)11(8,9)10/h1-5H;1-4H,7H2,(H2,8,9,10). The van der Waals surface area contributed by atoms with Crippen LogP contribution in [0.5, 0.6) is 0 Å². The largest absolute Gasteiger partial charge is 0.399 e. The molecule has 2 aromatic carbocycles. The molecule has 0 aliphatic heterocycles. The lowest BCUT2D eigenvalue weighted by Gasteiger charge is -1.96. The molecule has 0 fully saturated rings. The molecule has 0 radical (unpaired) electrons. The average Bonchev–Trinajstić information content (AvgIpc) is 2.87. The molecule has 0 aliphatic carbocycles. The molecule has 0 spiro atoms. The minimum absolute atomic E-state index is 0.0756. The van der Waals surface area contributed by atoms with Crippen LogP contribution in [0, 0.1) is 0 Å². The zero-order valence-corrected chi connectivity index (χ0v) is 11.2. The predicted molar refractivity (Wildman–Crippen MR) is 76.2 cm³/mol. The highest BCUT2D eigenvalue weighted by Gasteiger charge is 2.04. The monoisotopic (exact) mass is 291 g/mol. The highest BCUT2D eigenvalue weighted by molar-refractivity contribution is 7.89. The van der Waals surface area contributed by atoms with E-state index in [4.69, 9.17) is 15.4 Å². The Morgan fingerprint density at radius 3 is 2.25 bits per heavy atom. The second-order valence-electron chi connectivity index (χ2n) is 3.98. The number of rotatable bonds is 1. The van der Waals surface area contributed by atoms with Gasteiger partial charge >= 0.3 is 0 Å². The van der Waals surface area contributed by atoms with Crippen molar-refractivity contribution in [2.45, 2.75) is 4.90 Å². The first-order valence-corrected chi connectivity index (χ1v) is 7.19. The average molecular weight is 291 g/mol. The summed E-state index contributed by atoms with van der Waals surface area (Å²) in [7, 11) is -3.58. The van der Waals surface area contributed by atoms with Gasteiger partial charge in [-0.2, -0.15) is 0 Å². The number of anilines is 1. The molecule has 0 saturated heterocycles. The van der Waals surface area contributed by atoms with Crippen molar-refractivity contribution in [2.75, 3.05) is 5.73 Å². The number of aromatic nitrogens is 1. The third kappa shape index (κ3) is 3.56. The summed E-state index contributed by atoms with van der Waals surface area (Å²) in [5, 5.41) is 9.52. The molecule has 0 aliphatic rings. The van der Waals surface area contributed by atoms with Crippen molar-refractivity contribution in [1.29, 1.82) is 0 Å². The number of nitrogens with two attached hydrogens (primary N) is 2. The first-order valence-electron chi connectivity index (χ1n) is 5.64. The molecule has 20 heavy (non-hydrogen) atoms. The van der Waals surface area contributed by atoms with Gasteiger partial charge in [0, 0.05) is 11.1 Å². The third-order valence-corrected chi connectivity index (χ3v) is 3.40. The first kappa shape index (κ1) is 14.0. The first-order chi connectivity index (χ1) is 9.47. The van der Waals surface area contributed by atoms with Gasteiger partial charge in [0.1, 0.15) is 0 Å². The Labute approximate surface area is 116 Å². The van der Waals surface area contributed by atoms with Crippen LogP contribution in [0.15, 0.2) is 64.1 Å². The number of para-hydroxylation sites is 1. The van der Waals surface area contributed by atoms with Crippen LogP contribution in [0.4, 0.5) is 5.69 Å². The summed E-state index contributed by atoms with van der Waals surface area (Å²) in [4.78, 5) is 0.0756. The molecule has 104 valence electrons. The zero-order chi connectivity index (χ0) is 14.6. The lowest BCUT2D eigenvalue weighted by atomic mass is 10.3. The van der Waals surface area contributed by atoms with E-state index in [0.717, 1.165) is 11.0 Å². The molecule has 7 heteroatoms. The molecule has 0 atom stereocenters. The van der Waals surface area contributed by atoms with E-state index in [-0.39, 0.29) is 4.90 Å². The van der Waals surface area contributed by atoms with Gasteiger partial charge in [-0.25, -0.2) is 13.6 Å². The second-order valence-corrected chi connectivity index (χ2v) is 5.54. The van der Waals surface area contributed by atoms with Gasteiger partial charge in [-0.3, -0.25) is 0 Å².